The molecule has 3 N–H and O–H groups in total. The lowest BCUT2D eigenvalue weighted by Gasteiger charge is -2.13. The third kappa shape index (κ3) is 5.98. The van der Waals surface area contributed by atoms with Gasteiger partial charge in [0.05, 0.1) is 30.1 Å². The van der Waals surface area contributed by atoms with Crippen LogP contribution in [0.15, 0.2) is 65.6 Å². The van der Waals surface area contributed by atoms with Gasteiger partial charge in [-0.05, 0) is 60.2 Å². The Kier molecular flexibility index (Phi) is 7.00. The molecule has 0 heterocycles. The van der Waals surface area contributed by atoms with E-state index in [1.165, 1.54) is 37.4 Å². The summed E-state index contributed by atoms with van der Waals surface area (Å²) >= 11 is 6.01. The molecule has 8 nitrogen and oxygen atoms in total. The average Bonchev–Trinajstić information content (AvgIpc) is 2.74. The van der Waals surface area contributed by atoms with Gasteiger partial charge in [0.1, 0.15) is 5.75 Å². The molecule has 3 aromatic rings. The van der Waals surface area contributed by atoms with Gasteiger partial charge in [-0.1, -0.05) is 17.7 Å². The molecule has 3 aromatic carbocycles. The standard InChI is InChI=1S/C22H18ClN3O5S/c1-30-21-10-14(2-7-20(21)31-18-9-15(13-24)8-16(23)12-18)11-22(27)26-17-3-5-19(6-4-17)32(25,28)29/h2-10,12H,11H2,1H3,(H,26,27)(H2,25,28,29). The van der Waals surface area contributed by atoms with Crippen molar-refractivity contribution in [3.8, 4) is 23.3 Å². The van der Waals surface area contributed by atoms with E-state index >= 15 is 0 Å². The first-order chi connectivity index (χ1) is 15.2. The number of carbonyl (C=O) groups is 1. The zero-order valence-corrected chi connectivity index (χ0v) is 18.4. The molecule has 32 heavy (non-hydrogen) atoms. The summed E-state index contributed by atoms with van der Waals surface area (Å²) in [6.07, 6.45) is 0.0450. The van der Waals surface area contributed by atoms with Crippen molar-refractivity contribution >= 4 is 33.2 Å². The number of hydrogen-bond donors (Lipinski definition) is 2. The van der Waals surface area contributed by atoms with Gasteiger partial charge >= 0.3 is 0 Å². The Hall–Kier alpha value is -3.58. The quantitative estimate of drug-likeness (QED) is 0.538. The molecule has 0 spiro atoms. The monoisotopic (exact) mass is 471 g/mol. The number of rotatable bonds is 7. The smallest absolute Gasteiger partial charge is 0.238 e. The van der Waals surface area contributed by atoms with E-state index in [0.29, 0.717) is 39.1 Å². The third-order valence-electron chi connectivity index (χ3n) is 4.29. The Bertz CT molecular complexity index is 1300. The summed E-state index contributed by atoms with van der Waals surface area (Å²) in [5.74, 6) is 0.853. The van der Waals surface area contributed by atoms with Crippen LogP contribution in [0, 0.1) is 11.3 Å². The number of carbonyl (C=O) groups excluding carboxylic acids is 1. The van der Waals surface area contributed by atoms with Gasteiger partial charge in [0.25, 0.3) is 0 Å². The Morgan fingerprint density at radius 2 is 1.81 bits per heavy atom. The summed E-state index contributed by atoms with van der Waals surface area (Å²) in [4.78, 5) is 12.3. The molecule has 0 saturated carbocycles. The van der Waals surface area contributed by atoms with Crippen molar-refractivity contribution in [2.75, 3.05) is 12.4 Å². The number of sulfonamides is 1. The number of ether oxygens (including phenoxy) is 2. The topological polar surface area (TPSA) is 132 Å². The fourth-order valence-corrected chi connectivity index (χ4v) is 3.58. The van der Waals surface area contributed by atoms with Gasteiger partial charge in [-0.15, -0.1) is 0 Å². The molecular formula is C22H18ClN3O5S. The van der Waals surface area contributed by atoms with Crippen molar-refractivity contribution in [2.24, 2.45) is 5.14 Å². The molecule has 0 atom stereocenters. The maximum absolute atomic E-state index is 12.4. The fraction of sp³-hybridized carbons (Fsp3) is 0.0909. The number of nitrogens with two attached hydrogens (primary N) is 1. The summed E-state index contributed by atoms with van der Waals surface area (Å²) in [6, 6.07) is 17.2. The fourth-order valence-electron chi connectivity index (χ4n) is 2.84. The van der Waals surface area contributed by atoms with E-state index in [0.717, 1.165) is 0 Å². The van der Waals surface area contributed by atoms with E-state index in [-0.39, 0.29) is 17.2 Å². The van der Waals surface area contributed by atoms with Crippen molar-refractivity contribution in [1.29, 1.82) is 5.26 Å². The van der Waals surface area contributed by atoms with E-state index in [4.69, 9.17) is 31.5 Å². The average molecular weight is 472 g/mol. The molecule has 0 radical (unpaired) electrons. The highest BCUT2D eigenvalue weighted by atomic mass is 35.5. The Morgan fingerprint density at radius 3 is 2.44 bits per heavy atom. The van der Waals surface area contributed by atoms with Crippen LogP contribution in [0.25, 0.3) is 0 Å². The summed E-state index contributed by atoms with van der Waals surface area (Å²) in [5.41, 5.74) is 1.46. The Morgan fingerprint density at radius 1 is 1.09 bits per heavy atom. The van der Waals surface area contributed by atoms with Crippen LogP contribution in [0.4, 0.5) is 5.69 Å². The van der Waals surface area contributed by atoms with E-state index in [9.17, 15) is 13.2 Å². The van der Waals surface area contributed by atoms with Crippen LogP contribution in [0.2, 0.25) is 5.02 Å². The minimum absolute atomic E-state index is 0.0441. The van der Waals surface area contributed by atoms with E-state index in [2.05, 4.69) is 5.32 Å². The number of halogens is 1. The number of benzene rings is 3. The van der Waals surface area contributed by atoms with Gasteiger partial charge in [0.2, 0.25) is 15.9 Å². The number of nitrogens with one attached hydrogen (secondary N) is 1. The van der Waals surface area contributed by atoms with Crippen LogP contribution in [-0.2, 0) is 21.2 Å². The van der Waals surface area contributed by atoms with Gasteiger partial charge in [-0.25, -0.2) is 13.6 Å². The summed E-state index contributed by atoms with van der Waals surface area (Å²) in [5, 5.41) is 17.2. The van der Waals surface area contributed by atoms with Crippen LogP contribution in [0.3, 0.4) is 0 Å². The van der Waals surface area contributed by atoms with Crippen molar-refractivity contribution < 1.29 is 22.7 Å². The van der Waals surface area contributed by atoms with Crippen molar-refractivity contribution in [2.45, 2.75) is 11.3 Å². The van der Waals surface area contributed by atoms with E-state index in [1.54, 1.807) is 30.3 Å². The first-order valence-corrected chi connectivity index (χ1v) is 11.1. The number of nitrogens with zero attached hydrogens (tertiary/aromatic N) is 1. The van der Waals surface area contributed by atoms with Crippen LogP contribution >= 0.6 is 11.6 Å². The van der Waals surface area contributed by atoms with Crippen LogP contribution in [0.5, 0.6) is 17.2 Å². The molecule has 3 rings (SSSR count). The molecule has 0 bridgehead atoms. The van der Waals surface area contributed by atoms with Gasteiger partial charge < -0.3 is 14.8 Å². The molecule has 1 amide bonds. The zero-order valence-electron chi connectivity index (χ0n) is 16.8. The van der Waals surface area contributed by atoms with Crippen molar-refractivity contribution in [3.63, 3.8) is 0 Å². The summed E-state index contributed by atoms with van der Waals surface area (Å²) in [7, 11) is -2.33. The predicted octanol–water partition coefficient (Wildman–Crippen LogP) is 3.84. The van der Waals surface area contributed by atoms with Gasteiger partial charge in [0, 0.05) is 10.7 Å². The van der Waals surface area contributed by atoms with Crippen molar-refractivity contribution in [1.82, 2.24) is 0 Å². The molecule has 0 aliphatic heterocycles. The first-order valence-electron chi connectivity index (χ1n) is 9.16. The minimum atomic E-state index is -3.80. The highest BCUT2D eigenvalue weighted by Gasteiger charge is 2.12. The summed E-state index contributed by atoms with van der Waals surface area (Å²) < 4.78 is 33.8. The van der Waals surface area contributed by atoms with Gasteiger partial charge in [-0.2, -0.15) is 5.26 Å². The highest BCUT2D eigenvalue weighted by molar-refractivity contribution is 7.89. The van der Waals surface area contributed by atoms with E-state index < -0.39 is 10.0 Å². The van der Waals surface area contributed by atoms with Crippen LogP contribution in [-0.4, -0.2) is 21.4 Å². The molecule has 0 aromatic heterocycles. The number of amides is 1. The minimum Gasteiger partial charge on any atom is -0.493 e. The third-order valence-corrected chi connectivity index (χ3v) is 5.43. The second-order valence-electron chi connectivity index (χ2n) is 6.67. The lowest BCUT2D eigenvalue weighted by atomic mass is 10.1. The predicted molar refractivity (Wildman–Crippen MR) is 119 cm³/mol. The number of nitriles is 1. The lowest BCUT2D eigenvalue weighted by molar-refractivity contribution is -0.115. The lowest BCUT2D eigenvalue weighted by Crippen LogP contribution is -2.15. The Labute approximate surface area is 190 Å². The highest BCUT2D eigenvalue weighted by Crippen LogP contribution is 2.34. The maximum atomic E-state index is 12.4. The molecule has 10 heteroatoms. The number of anilines is 1. The molecular weight excluding hydrogens is 454 g/mol. The second-order valence-corrected chi connectivity index (χ2v) is 8.67. The molecule has 0 aliphatic rings. The number of hydrogen-bond acceptors (Lipinski definition) is 6. The van der Waals surface area contributed by atoms with Crippen LogP contribution in [0.1, 0.15) is 11.1 Å². The summed E-state index contributed by atoms with van der Waals surface area (Å²) in [6.45, 7) is 0. The largest absolute Gasteiger partial charge is 0.493 e. The molecule has 164 valence electrons. The van der Waals surface area contributed by atoms with Gasteiger partial charge in [-0.3, -0.25) is 4.79 Å². The SMILES string of the molecule is COc1cc(CC(=O)Nc2ccc(S(N)(=O)=O)cc2)ccc1Oc1cc(Cl)cc(C#N)c1. The maximum Gasteiger partial charge on any atom is 0.238 e. The Balaban J connectivity index is 1.71. The second kappa shape index (κ2) is 9.70. The van der Waals surface area contributed by atoms with Gasteiger partial charge in [0.15, 0.2) is 11.5 Å². The number of primary sulfonamides is 1. The first kappa shape index (κ1) is 23.1. The normalized spacial score (nSPS) is 10.8. The molecule has 0 unspecified atom stereocenters. The zero-order chi connectivity index (χ0) is 23.3. The van der Waals surface area contributed by atoms with E-state index in [1.807, 2.05) is 6.07 Å². The molecule has 0 saturated heterocycles. The molecule has 0 fully saturated rings. The van der Waals surface area contributed by atoms with Crippen LogP contribution < -0.4 is 19.9 Å². The van der Waals surface area contributed by atoms with Crippen molar-refractivity contribution in [3.05, 3.63) is 76.8 Å². The molecule has 0 aliphatic carbocycles. The number of methoxy groups -OCH3 is 1.